The van der Waals surface area contributed by atoms with Crippen molar-refractivity contribution in [1.82, 2.24) is 4.90 Å². The monoisotopic (exact) mass is 277 g/mol. The molecule has 0 saturated carbocycles. The van der Waals surface area contributed by atoms with Crippen molar-refractivity contribution in [2.24, 2.45) is 5.92 Å². The predicted octanol–water partition coefficient (Wildman–Crippen LogP) is 3.26. The van der Waals surface area contributed by atoms with E-state index in [1.165, 1.54) is 19.3 Å². The third kappa shape index (κ3) is 3.48. The molecule has 5 nitrogen and oxygen atoms in total. The van der Waals surface area contributed by atoms with E-state index >= 15 is 0 Å². The highest BCUT2D eigenvalue weighted by molar-refractivity contribution is 5.62. The average molecular weight is 277 g/mol. The van der Waals surface area contributed by atoms with E-state index in [4.69, 9.17) is 0 Å². The van der Waals surface area contributed by atoms with Gasteiger partial charge >= 0.3 is 0 Å². The number of piperidine rings is 1. The van der Waals surface area contributed by atoms with Crippen molar-refractivity contribution in [2.45, 2.75) is 32.7 Å². The molecule has 1 saturated heterocycles. The van der Waals surface area contributed by atoms with Gasteiger partial charge in [-0.2, -0.15) is 0 Å². The summed E-state index contributed by atoms with van der Waals surface area (Å²) in [6.07, 6.45) is 3.81. The SMILES string of the molecule is CCC1CCN(Cc2ccc([N+](=O)[O-])c(NC)c2)CC1. The first-order chi connectivity index (χ1) is 9.63. The Morgan fingerprint density at radius 1 is 1.40 bits per heavy atom. The number of nitro benzene ring substituents is 1. The Bertz CT molecular complexity index is 468. The van der Waals surface area contributed by atoms with Gasteiger partial charge in [-0.3, -0.25) is 15.0 Å². The van der Waals surface area contributed by atoms with Crippen molar-refractivity contribution in [2.75, 3.05) is 25.5 Å². The van der Waals surface area contributed by atoms with Crippen LogP contribution in [0.2, 0.25) is 0 Å². The first kappa shape index (κ1) is 14.8. The number of benzene rings is 1. The van der Waals surface area contributed by atoms with Crippen LogP contribution in [0, 0.1) is 16.0 Å². The fraction of sp³-hybridized carbons (Fsp3) is 0.600. The minimum absolute atomic E-state index is 0.140. The number of nitrogens with one attached hydrogen (secondary N) is 1. The van der Waals surface area contributed by atoms with Gasteiger partial charge in [-0.25, -0.2) is 0 Å². The molecule has 1 aliphatic heterocycles. The van der Waals surface area contributed by atoms with Gasteiger partial charge in [0.25, 0.3) is 5.69 Å². The zero-order chi connectivity index (χ0) is 14.5. The molecule has 0 amide bonds. The summed E-state index contributed by atoms with van der Waals surface area (Å²) >= 11 is 0. The van der Waals surface area contributed by atoms with E-state index in [0.717, 1.165) is 31.1 Å². The second-order valence-electron chi connectivity index (χ2n) is 5.49. The normalized spacial score (nSPS) is 17.1. The molecular weight excluding hydrogens is 254 g/mol. The molecule has 110 valence electrons. The van der Waals surface area contributed by atoms with Gasteiger partial charge in [0.1, 0.15) is 5.69 Å². The topological polar surface area (TPSA) is 58.4 Å². The molecule has 0 aromatic heterocycles. The third-order valence-electron chi connectivity index (χ3n) is 4.22. The maximum absolute atomic E-state index is 10.9. The van der Waals surface area contributed by atoms with Gasteiger partial charge in [-0.1, -0.05) is 19.4 Å². The van der Waals surface area contributed by atoms with Crippen molar-refractivity contribution in [3.8, 4) is 0 Å². The van der Waals surface area contributed by atoms with Crippen LogP contribution in [0.4, 0.5) is 11.4 Å². The Hall–Kier alpha value is -1.62. The van der Waals surface area contributed by atoms with Gasteiger partial charge < -0.3 is 5.32 Å². The average Bonchev–Trinajstić information content (AvgIpc) is 2.47. The minimum atomic E-state index is -0.345. The van der Waals surface area contributed by atoms with Gasteiger partial charge in [0, 0.05) is 19.7 Å². The standard InChI is InChI=1S/C15H23N3O2/c1-3-12-6-8-17(9-7-12)11-13-4-5-15(18(19)20)14(10-13)16-2/h4-5,10,12,16H,3,6-9,11H2,1-2H3. The second kappa shape index (κ2) is 6.70. The van der Waals surface area contributed by atoms with Crippen molar-refractivity contribution in [3.05, 3.63) is 33.9 Å². The largest absolute Gasteiger partial charge is 0.383 e. The molecule has 0 unspecified atom stereocenters. The molecule has 0 radical (unpaired) electrons. The van der Waals surface area contributed by atoms with Crippen LogP contribution in [0.25, 0.3) is 0 Å². The van der Waals surface area contributed by atoms with Crippen LogP contribution >= 0.6 is 0 Å². The molecular formula is C15H23N3O2. The molecule has 20 heavy (non-hydrogen) atoms. The van der Waals surface area contributed by atoms with Crippen LogP contribution in [0.15, 0.2) is 18.2 Å². The van der Waals surface area contributed by atoms with Crippen LogP contribution in [0.1, 0.15) is 31.7 Å². The van der Waals surface area contributed by atoms with Crippen LogP contribution in [0.3, 0.4) is 0 Å². The summed E-state index contributed by atoms with van der Waals surface area (Å²) < 4.78 is 0. The second-order valence-corrected chi connectivity index (χ2v) is 5.49. The van der Waals surface area contributed by atoms with E-state index in [1.54, 1.807) is 13.1 Å². The Labute approximate surface area is 120 Å². The molecule has 2 rings (SSSR count). The van der Waals surface area contributed by atoms with E-state index in [9.17, 15) is 10.1 Å². The number of anilines is 1. The zero-order valence-electron chi connectivity index (χ0n) is 12.3. The minimum Gasteiger partial charge on any atom is -0.383 e. The maximum Gasteiger partial charge on any atom is 0.292 e. The van der Waals surface area contributed by atoms with Crippen molar-refractivity contribution < 1.29 is 4.92 Å². The van der Waals surface area contributed by atoms with E-state index in [0.29, 0.717) is 5.69 Å². The zero-order valence-corrected chi connectivity index (χ0v) is 12.3. The van der Waals surface area contributed by atoms with Crippen LogP contribution < -0.4 is 5.32 Å². The quantitative estimate of drug-likeness (QED) is 0.663. The summed E-state index contributed by atoms with van der Waals surface area (Å²) in [5.74, 6) is 0.871. The number of nitrogens with zero attached hydrogens (tertiary/aromatic N) is 2. The lowest BCUT2D eigenvalue weighted by atomic mass is 9.94. The number of nitro groups is 1. The Morgan fingerprint density at radius 3 is 2.65 bits per heavy atom. The molecule has 1 fully saturated rings. The molecule has 1 N–H and O–H groups in total. The van der Waals surface area contributed by atoms with E-state index in [1.807, 2.05) is 12.1 Å². The molecule has 0 aliphatic carbocycles. The fourth-order valence-electron chi connectivity index (χ4n) is 2.85. The van der Waals surface area contributed by atoms with Gasteiger partial charge in [-0.15, -0.1) is 0 Å². The number of hydrogen-bond acceptors (Lipinski definition) is 4. The summed E-state index contributed by atoms with van der Waals surface area (Å²) in [6.45, 7) is 5.40. The third-order valence-corrected chi connectivity index (χ3v) is 4.22. The summed E-state index contributed by atoms with van der Waals surface area (Å²) in [7, 11) is 1.72. The lowest BCUT2D eigenvalue weighted by Gasteiger charge is -2.31. The molecule has 1 aliphatic rings. The molecule has 1 heterocycles. The maximum atomic E-state index is 10.9. The van der Waals surface area contributed by atoms with E-state index < -0.39 is 0 Å². The van der Waals surface area contributed by atoms with Crippen LogP contribution in [-0.2, 0) is 6.54 Å². The van der Waals surface area contributed by atoms with Crippen LogP contribution in [-0.4, -0.2) is 30.0 Å². The summed E-state index contributed by atoms with van der Waals surface area (Å²) in [4.78, 5) is 13.0. The number of rotatable bonds is 5. The number of hydrogen-bond donors (Lipinski definition) is 1. The first-order valence-corrected chi connectivity index (χ1v) is 7.31. The highest BCUT2D eigenvalue weighted by atomic mass is 16.6. The first-order valence-electron chi connectivity index (χ1n) is 7.31. The lowest BCUT2D eigenvalue weighted by Crippen LogP contribution is -2.33. The fourth-order valence-corrected chi connectivity index (χ4v) is 2.85. The Morgan fingerprint density at radius 2 is 2.10 bits per heavy atom. The van der Waals surface area contributed by atoms with Gasteiger partial charge in [-0.05, 0) is 43.5 Å². The van der Waals surface area contributed by atoms with E-state index in [-0.39, 0.29) is 10.6 Å². The summed E-state index contributed by atoms with van der Waals surface area (Å²) in [5, 5.41) is 13.8. The number of likely N-dealkylation sites (tertiary alicyclic amines) is 1. The van der Waals surface area contributed by atoms with Crippen molar-refractivity contribution in [3.63, 3.8) is 0 Å². The molecule has 0 spiro atoms. The smallest absolute Gasteiger partial charge is 0.292 e. The van der Waals surface area contributed by atoms with Gasteiger partial charge in [0.2, 0.25) is 0 Å². The molecule has 1 aromatic rings. The molecule has 1 aromatic carbocycles. The molecule has 0 atom stereocenters. The Balaban J connectivity index is 2.01. The Kier molecular flexibility index (Phi) is 4.95. The summed E-state index contributed by atoms with van der Waals surface area (Å²) in [5.41, 5.74) is 1.87. The predicted molar refractivity (Wildman–Crippen MR) is 80.9 cm³/mol. The molecule has 0 bridgehead atoms. The lowest BCUT2D eigenvalue weighted by molar-refractivity contribution is -0.384. The highest BCUT2D eigenvalue weighted by Crippen LogP contribution is 2.27. The van der Waals surface area contributed by atoms with Crippen LogP contribution in [0.5, 0.6) is 0 Å². The highest BCUT2D eigenvalue weighted by Gasteiger charge is 2.19. The summed E-state index contributed by atoms with van der Waals surface area (Å²) in [6, 6.07) is 5.36. The van der Waals surface area contributed by atoms with Gasteiger partial charge in [0.05, 0.1) is 4.92 Å². The molecule has 5 heteroatoms. The van der Waals surface area contributed by atoms with Gasteiger partial charge in [0.15, 0.2) is 0 Å². The van der Waals surface area contributed by atoms with Crippen molar-refractivity contribution in [1.29, 1.82) is 0 Å². The van der Waals surface area contributed by atoms with Crippen molar-refractivity contribution >= 4 is 11.4 Å². The van der Waals surface area contributed by atoms with E-state index in [2.05, 4.69) is 17.1 Å².